The van der Waals surface area contributed by atoms with Gasteiger partial charge in [0.15, 0.2) is 0 Å². The van der Waals surface area contributed by atoms with E-state index in [1.165, 1.54) is 7.11 Å². The van der Waals surface area contributed by atoms with Gasteiger partial charge in [0.2, 0.25) is 5.13 Å². The first kappa shape index (κ1) is 16.2. The first-order valence-corrected chi connectivity index (χ1v) is 8.54. The van der Waals surface area contributed by atoms with E-state index in [1.807, 2.05) is 31.2 Å². The quantitative estimate of drug-likeness (QED) is 0.575. The van der Waals surface area contributed by atoms with Crippen molar-refractivity contribution >= 4 is 33.3 Å². The Hall–Kier alpha value is -3.33. The average molecular weight is 366 g/mol. The Kier molecular flexibility index (Phi) is 4.05. The van der Waals surface area contributed by atoms with Crippen LogP contribution < -0.4 is 10.1 Å². The summed E-state index contributed by atoms with van der Waals surface area (Å²) in [7, 11) is 1.50. The van der Waals surface area contributed by atoms with E-state index < -0.39 is 0 Å². The number of fused-ring (bicyclic) bond motifs is 1. The molecule has 0 bridgehead atoms. The molecule has 3 heterocycles. The van der Waals surface area contributed by atoms with E-state index in [2.05, 4.69) is 30.7 Å². The van der Waals surface area contributed by atoms with Gasteiger partial charge >= 0.3 is 0 Å². The van der Waals surface area contributed by atoms with Crippen LogP contribution in [0, 0.1) is 6.92 Å². The lowest BCUT2D eigenvalue weighted by atomic mass is 9.99. The maximum Gasteiger partial charge on any atom is 0.295 e. The minimum Gasteiger partial charge on any atom is -0.472 e. The van der Waals surface area contributed by atoms with Crippen LogP contribution in [0.2, 0.25) is 0 Å². The summed E-state index contributed by atoms with van der Waals surface area (Å²) in [5.74, 6) is -0.307. The largest absolute Gasteiger partial charge is 0.472 e. The molecule has 0 spiro atoms. The second-order valence-corrected chi connectivity index (χ2v) is 6.51. The Balaban J connectivity index is 1.72. The second kappa shape index (κ2) is 6.52. The Morgan fingerprint density at radius 1 is 1.23 bits per heavy atom. The number of carbonyl (C=O) groups is 1. The molecule has 130 valence electrons. The number of aromatic amines is 1. The molecule has 0 unspecified atom stereocenters. The molecule has 4 rings (SSSR count). The summed E-state index contributed by atoms with van der Waals surface area (Å²) in [6.45, 7) is 1.89. The number of benzene rings is 1. The second-order valence-electron chi connectivity index (χ2n) is 5.57. The van der Waals surface area contributed by atoms with Gasteiger partial charge in [-0.2, -0.15) is 5.10 Å². The normalized spacial score (nSPS) is 10.8. The number of amides is 1. The number of carbonyl (C=O) groups excluding carboxylic acids is 1. The smallest absolute Gasteiger partial charge is 0.295 e. The van der Waals surface area contributed by atoms with Gasteiger partial charge in [-0.05, 0) is 47.6 Å². The van der Waals surface area contributed by atoms with Crippen LogP contribution >= 0.6 is 11.3 Å². The Labute approximate surface area is 152 Å². The van der Waals surface area contributed by atoms with E-state index in [-0.39, 0.29) is 5.91 Å². The van der Waals surface area contributed by atoms with Crippen LogP contribution in [0.4, 0.5) is 5.13 Å². The molecule has 8 nitrogen and oxygen atoms in total. The third kappa shape index (κ3) is 3.00. The molecule has 3 aromatic heterocycles. The molecule has 0 atom stereocenters. The molecule has 0 aliphatic heterocycles. The van der Waals surface area contributed by atoms with E-state index >= 15 is 0 Å². The summed E-state index contributed by atoms with van der Waals surface area (Å²) in [4.78, 5) is 17.0. The Morgan fingerprint density at radius 3 is 2.92 bits per heavy atom. The van der Waals surface area contributed by atoms with Crippen LogP contribution in [0.5, 0.6) is 5.19 Å². The highest BCUT2D eigenvalue weighted by molar-refractivity contribution is 7.17. The molecular formula is C17H14N6O2S. The molecule has 1 aromatic carbocycles. The topological polar surface area (TPSA) is 106 Å². The molecule has 26 heavy (non-hydrogen) atoms. The summed E-state index contributed by atoms with van der Waals surface area (Å²) < 4.78 is 5.00. The van der Waals surface area contributed by atoms with Crippen molar-refractivity contribution in [3.05, 3.63) is 47.9 Å². The van der Waals surface area contributed by atoms with Crippen molar-refractivity contribution in [1.29, 1.82) is 0 Å². The highest BCUT2D eigenvalue weighted by atomic mass is 32.1. The van der Waals surface area contributed by atoms with Gasteiger partial charge in [0.1, 0.15) is 0 Å². The lowest BCUT2D eigenvalue weighted by Crippen LogP contribution is -2.13. The predicted octanol–water partition coefficient (Wildman–Crippen LogP) is 3.05. The van der Waals surface area contributed by atoms with Gasteiger partial charge < -0.3 is 4.74 Å². The summed E-state index contributed by atoms with van der Waals surface area (Å²) in [5.41, 5.74) is 3.90. The lowest BCUT2D eigenvalue weighted by molar-refractivity contribution is 0.102. The van der Waals surface area contributed by atoms with Crippen molar-refractivity contribution in [2.24, 2.45) is 0 Å². The Morgan fingerprint density at radius 2 is 2.12 bits per heavy atom. The summed E-state index contributed by atoms with van der Waals surface area (Å²) in [6, 6.07) is 7.75. The van der Waals surface area contributed by atoms with E-state index in [0.29, 0.717) is 15.9 Å². The first-order valence-electron chi connectivity index (χ1n) is 7.73. The van der Waals surface area contributed by atoms with Gasteiger partial charge in [-0.15, -0.1) is 5.10 Å². The van der Waals surface area contributed by atoms with Crippen LogP contribution in [-0.4, -0.2) is 38.4 Å². The fourth-order valence-corrected chi connectivity index (χ4v) is 3.15. The number of nitrogens with zero attached hydrogens (tertiary/aromatic N) is 4. The van der Waals surface area contributed by atoms with Crippen LogP contribution in [0.15, 0.2) is 36.7 Å². The number of aromatic nitrogens is 5. The third-order valence-corrected chi connectivity index (χ3v) is 4.64. The molecule has 0 aliphatic carbocycles. The number of hydrogen-bond donors (Lipinski definition) is 2. The number of aryl methyl sites for hydroxylation is 1. The number of methoxy groups -OCH3 is 1. The zero-order valence-electron chi connectivity index (χ0n) is 14.0. The minimum absolute atomic E-state index is 0.307. The third-order valence-electron chi connectivity index (χ3n) is 3.84. The van der Waals surface area contributed by atoms with Crippen molar-refractivity contribution in [2.45, 2.75) is 6.92 Å². The van der Waals surface area contributed by atoms with Crippen LogP contribution in [0.25, 0.3) is 22.0 Å². The van der Waals surface area contributed by atoms with Gasteiger partial charge in [0.25, 0.3) is 11.1 Å². The average Bonchev–Trinajstić information content (AvgIpc) is 3.29. The van der Waals surface area contributed by atoms with Gasteiger partial charge in [-0.25, -0.2) is 0 Å². The van der Waals surface area contributed by atoms with Gasteiger partial charge in [0, 0.05) is 17.3 Å². The highest BCUT2D eigenvalue weighted by Gasteiger charge is 2.17. The molecule has 0 saturated carbocycles. The van der Waals surface area contributed by atoms with Crippen molar-refractivity contribution in [3.8, 4) is 16.3 Å². The molecule has 0 aliphatic rings. The van der Waals surface area contributed by atoms with Crippen molar-refractivity contribution in [2.75, 3.05) is 12.4 Å². The number of rotatable bonds is 4. The van der Waals surface area contributed by atoms with Crippen molar-refractivity contribution < 1.29 is 9.53 Å². The molecular weight excluding hydrogens is 352 g/mol. The lowest BCUT2D eigenvalue weighted by Gasteiger charge is -2.10. The van der Waals surface area contributed by atoms with Gasteiger partial charge in [-0.1, -0.05) is 11.2 Å². The summed E-state index contributed by atoms with van der Waals surface area (Å²) >= 11 is 1.15. The Bertz CT molecular complexity index is 1100. The monoisotopic (exact) mass is 366 g/mol. The van der Waals surface area contributed by atoms with Gasteiger partial charge in [0.05, 0.1) is 24.4 Å². The SMILES string of the molecule is COc1nnc(NC(=O)c2cnc(C)cc2-c2ccc3[nH]ncc3c2)s1. The zero-order chi connectivity index (χ0) is 18.1. The summed E-state index contributed by atoms with van der Waals surface area (Å²) in [6.07, 6.45) is 3.32. The molecule has 0 fully saturated rings. The maximum atomic E-state index is 12.8. The molecule has 2 N–H and O–H groups in total. The van der Waals surface area contributed by atoms with E-state index in [9.17, 15) is 4.79 Å². The van der Waals surface area contributed by atoms with Crippen LogP contribution in [-0.2, 0) is 0 Å². The van der Waals surface area contributed by atoms with Crippen molar-refractivity contribution in [3.63, 3.8) is 0 Å². The highest BCUT2D eigenvalue weighted by Crippen LogP contribution is 2.28. The number of anilines is 1. The fraction of sp³-hybridized carbons (Fsp3) is 0.118. The van der Waals surface area contributed by atoms with E-state index in [1.54, 1.807) is 12.4 Å². The number of ether oxygens (including phenoxy) is 1. The molecule has 4 aromatic rings. The number of H-pyrrole nitrogens is 1. The molecule has 1 amide bonds. The zero-order valence-corrected chi connectivity index (χ0v) is 14.8. The van der Waals surface area contributed by atoms with Crippen LogP contribution in [0.1, 0.15) is 16.1 Å². The number of pyridine rings is 1. The fourth-order valence-electron chi connectivity index (χ4n) is 2.60. The number of hydrogen-bond acceptors (Lipinski definition) is 7. The maximum absolute atomic E-state index is 12.8. The van der Waals surface area contributed by atoms with Crippen molar-refractivity contribution in [1.82, 2.24) is 25.4 Å². The predicted molar refractivity (Wildman–Crippen MR) is 98.5 cm³/mol. The minimum atomic E-state index is -0.307. The standard InChI is InChI=1S/C17H14N6O2S/c1-9-5-12(10-3-4-14-11(6-10)7-19-21-14)13(8-18-9)15(24)20-16-22-23-17(25-2)26-16/h3-8H,1-2H3,(H,19,21)(H,20,22,24). The van der Waals surface area contributed by atoms with Crippen LogP contribution in [0.3, 0.4) is 0 Å². The molecule has 0 radical (unpaired) electrons. The molecule has 0 saturated heterocycles. The summed E-state index contributed by atoms with van der Waals surface area (Å²) in [5, 5.41) is 19.1. The van der Waals surface area contributed by atoms with Gasteiger partial charge in [-0.3, -0.25) is 20.2 Å². The molecule has 9 heteroatoms. The number of nitrogens with one attached hydrogen (secondary N) is 2. The van der Waals surface area contributed by atoms with E-state index in [0.717, 1.165) is 39.1 Å². The van der Waals surface area contributed by atoms with E-state index in [4.69, 9.17) is 4.74 Å². The first-order chi connectivity index (χ1) is 12.6.